The van der Waals surface area contributed by atoms with Crippen LogP contribution in [-0.2, 0) is 9.59 Å². The fraction of sp³-hybridized carbons (Fsp3) is 0.579. The van der Waals surface area contributed by atoms with Crippen molar-refractivity contribution >= 4 is 23.4 Å². The lowest BCUT2D eigenvalue weighted by Crippen LogP contribution is -2.52. The van der Waals surface area contributed by atoms with E-state index in [9.17, 15) is 14.7 Å². The second-order valence-electron chi connectivity index (χ2n) is 6.97. The van der Waals surface area contributed by atoms with Crippen molar-refractivity contribution in [1.82, 2.24) is 14.7 Å². The first-order chi connectivity index (χ1) is 12.6. The first kappa shape index (κ1) is 19.1. The molecule has 26 heavy (non-hydrogen) atoms. The predicted molar refractivity (Wildman–Crippen MR) is 99.9 cm³/mol. The molecule has 0 bridgehead atoms. The van der Waals surface area contributed by atoms with E-state index in [0.717, 1.165) is 25.9 Å². The van der Waals surface area contributed by atoms with E-state index in [4.69, 9.17) is 11.6 Å². The molecule has 1 aromatic carbocycles. The Balaban J connectivity index is 1.49. The van der Waals surface area contributed by atoms with E-state index >= 15 is 0 Å². The van der Waals surface area contributed by atoms with Crippen LogP contribution in [0.15, 0.2) is 24.3 Å². The summed E-state index contributed by atoms with van der Waals surface area (Å²) in [6.07, 6.45) is 2.14. The minimum atomic E-state index is -1.25. The molecule has 0 unspecified atom stereocenters. The van der Waals surface area contributed by atoms with E-state index in [2.05, 4.69) is 4.90 Å². The highest BCUT2D eigenvalue weighted by atomic mass is 35.5. The first-order valence-corrected chi connectivity index (χ1v) is 9.65. The summed E-state index contributed by atoms with van der Waals surface area (Å²) in [5, 5.41) is 10.7. The molecule has 1 atom stereocenters. The van der Waals surface area contributed by atoms with Crippen molar-refractivity contribution in [1.29, 1.82) is 0 Å². The highest BCUT2D eigenvalue weighted by Gasteiger charge is 2.29. The van der Waals surface area contributed by atoms with Crippen LogP contribution in [0.1, 0.15) is 30.9 Å². The third kappa shape index (κ3) is 4.55. The number of likely N-dealkylation sites (tertiary alicyclic amines) is 1. The lowest BCUT2D eigenvalue weighted by Gasteiger charge is -2.36. The molecule has 6 nitrogen and oxygen atoms in total. The van der Waals surface area contributed by atoms with E-state index in [-0.39, 0.29) is 11.8 Å². The van der Waals surface area contributed by atoms with Crippen LogP contribution in [0.5, 0.6) is 0 Å². The number of aliphatic hydroxyl groups excluding tert-OH is 1. The number of hydrogen-bond acceptors (Lipinski definition) is 4. The largest absolute Gasteiger partial charge is 0.378 e. The van der Waals surface area contributed by atoms with Gasteiger partial charge < -0.3 is 14.9 Å². The molecule has 0 aromatic heterocycles. The second-order valence-corrected chi connectivity index (χ2v) is 7.37. The van der Waals surface area contributed by atoms with Crippen LogP contribution >= 0.6 is 11.6 Å². The number of piperazine rings is 1. The monoisotopic (exact) mass is 379 g/mol. The van der Waals surface area contributed by atoms with Crippen LogP contribution in [0.4, 0.5) is 0 Å². The number of aliphatic hydroxyl groups is 1. The van der Waals surface area contributed by atoms with Gasteiger partial charge in [0.25, 0.3) is 5.91 Å². The van der Waals surface area contributed by atoms with Crippen molar-refractivity contribution in [3.8, 4) is 0 Å². The number of rotatable bonds is 4. The van der Waals surface area contributed by atoms with E-state index in [1.807, 2.05) is 4.90 Å². The third-order valence-electron chi connectivity index (χ3n) is 5.19. The maximum atomic E-state index is 12.6. The maximum Gasteiger partial charge on any atom is 0.256 e. The normalized spacial score (nSPS) is 20.1. The quantitative estimate of drug-likeness (QED) is 0.861. The van der Waals surface area contributed by atoms with Gasteiger partial charge in [0.15, 0.2) is 6.10 Å². The fourth-order valence-corrected chi connectivity index (χ4v) is 3.80. The van der Waals surface area contributed by atoms with Gasteiger partial charge in [0.05, 0.1) is 6.54 Å². The Morgan fingerprint density at radius 1 is 0.962 bits per heavy atom. The smallest absolute Gasteiger partial charge is 0.256 e. The summed E-state index contributed by atoms with van der Waals surface area (Å²) in [7, 11) is 0. The highest BCUT2D eigenvalue weighted by Crippen LogP contribution is 2.24. The van der Waals surface area contributed by atoms with Crippen LogP contribution in [0.2, 0.25) is 5.02 Å². The predicted octanol–water partition coefficient (Wildman–Crippen LogP) is 1.53. The number of carbonyl (C=O) groups is 2. The highest BCUT2D eigenvalue weighted by molar-refractivity contribution is 6.31. The topological polar surface area (TPSA) is 64.1 Å². The molecule has 1 N–H and O–H groups in total. The van der Waals surface area contributed by atoms with Gasteiger partial charge in [-0.25, -0.2) is 0 Å². The Morgan fingerprint density at radius 2 is 1.62 bits per heavy atom. The van der Waals surface area contributed by atoms with Crippen molar-refractivity contribution < 1.29 is 14.7 Å². The minimum absolute atomic E-state index is 0.181. The molecule has 3 rings (SSSR count). The number of hydrogen-bond donors (Lipinski definition) is 1. The van der Waals surface area contributed by atoms with Crippen LogP contribution in [0.3, 0.4) is 0 Å². The van der Waals surface area contributed by atoms with Crippen LogP contribution in [0, 0.1) is 0 Å². The van der Waals surface area contributed by atoms with Gasteiger partial charge in [-0.05, 0) is 25.3 Å². The molecule has 2 fully saturated rings. The summed E-state index contributed by atoms with van der Waals surface area (Å²) in [5.41, 5.74) is 0.432. The first-order valence-electron chi connectivity index (χ1n) is 9.27. The summed E-state index contributed by atoms with van der Waals surface area (Å²) in [5.74, 6) is -0.152. The molecule has 0 aliphatic carbocycles. The fourth-order valence-electron chi connectivity index (χ4n) is 3.56. The number of benzene rings is 1. The van der Waals surface area contributed by atoms with E-state index in [1.165, 1.54) is 6.42 Å². The van der Waals surface area contributed by atoms with E-state index < -0.39 is 6.10 Å². The molecule has 2 saturated heterocycles. The van der Waals surface area contributed by atoms with Crippen molar-refractivity contribution in [2.75, 3.05) is 45.8 Å². The Hall–Kier alpha value is -1.63. The average Bonchev–Trinajstić information content (AvgIpc) is 2.68. The van der Waals surface area contributed by atoms with Gasteiger partial charge in [-0.2, -0.15) is 0 Å². The second kappa shape index (κ2) is 8.84. The molecular formula is C19H26ClN3O3. The number of piperidine rings is 1. The van der Waals surface area contributed by atoms with Crippen molar-refractivity contribution in [3.05, 3.63) is 34.9 Å². The summed E-state index contributed by atoms with van der Waals surface area (Å²) in [6.45, 7) is 4.43. The molecule has 2 aliphatic rings. The van der Waals surface area contributed by atoms with Crippen LogP contribution in [0.25, 0.3) is 0 Å². The van der Waals surface area contributed by atoms with Gasteiger partial charge in [-0.3, -0.25) is 14.5 Å². The number of carbonyl (C=O) groups excluding carboxylic acids is 2. The van der Waals surface area contributed by atoms with Gasteiger partial charge in [0.1, 0.15) is 0 Å². The number of amides is 2. The van der Waals surface area contributed by atoms with Gasteiger partial charge in [-0.15, -0.1) is 0 Å². The minimum Gasteiger partial charge on any atom is -0.378 e. The van der Waals surface area contributed by atoms with Gasteiger partial charge in [0, 0.05) is 49.9 Å². The average molecular weight is 380 g/mol. The van der Waals surface area contributed by atoms with Gasteiger partial charge in [0.2, 0.25) is 5.91 Å². The molecule has 1 aromatic rings. The summed E-state index contributed by atoms with van der Waals surface area (Å²) >= 11 is 6.08. The maximum absolute atomic E-state index is 12.6. The van der Waals surface area contributed by atoms with E-state index in [0.29, 0.717) is 43.3 Å². The lowest BCUT2D eigenvalue weighted by molar-refractivity contribution is -0.142. The van der Waals surface area contributed by atoms with Crippen LogP contribution < -0.4 is 0 Å². The number of halogens is 1. The Labute approximate surface area is 159 Å². The van der Waals surface area contributed by atoms with E-state index in [1.54, 1.807) is 29.2 Å². The van der Waals surface area contributed by atoms with Crippen molar-refractivity contribution in [2.45, 2.75) is 25.4 Å². The Morgan fingerprint density at radius 3 is 2.27 bits per heavy atom. The summed E-state index contributed by atoms with van der Waals surface area (Å²) in [4.78, 5) is 30.6. The van der Waals surface area contributed by atoms with Gasteiger partial charge >= 0.3 is 0 Å². The molecule has 2 heterocycles. The zero-order valence-corrected chi connectivity index (χ0v) is 15.7. The molecule has 2 aliphatic heterocycles. The van der Waals surface area contributed by atoms with Crippen molar-refractivity contribution in [2.24, 2.45) is 0 Å². The third-order valence-corrected chi connectivity index (χ3v) is 5.53. The molecule has 0 saturated carbocycles. The lowest BCUT2D eigenvalue weighted by atomic mass is 10.1. The standard InChI is InChI=1S/C19H26ClN3O3/c20-16-7-3-2-6-15(16)18(25)19(26)23-12-10-21(11-13-23)14-17(24)22-8-4-1-5-9-22/h2-3,6-7,18,25H,1,4-5,8-14H2/t18-/m0/s1. The zero-order valence-electron chi connectivity index (χ0n) is 14.9. The summed E-state index contributed by atoms with van der Waals surface area (Å²) < 4.78 is 0. The number of nitrogens with zero attached hydrogens (tertiary/aromatic N) is 3. The Bertz CT molecular complexity index is 641. The molecular weight excluding hydrogens is 354 g/mol. The molecule has 142 valence electrons. The van der Waals surface area contributed by atoms with Crippen LogP contribution in [-0.4, -0.2) is 77.4 Å². The van der Waals surface area contributed by atoms with Gasteiger partial charge in [-0.1, -0.05) is 29.8 Å². The van der Waals surface area contributed by atoms with Crippen molar-refractivity contribution in [3.63, 3.8) is 0 Å². The molecule has 2 amide bonds. The Kier molecular flexibility index (Phi) is 6.51. The summed E-state index contributed by atoms with van der Waals surface area (Å²) in [6, 6.07) is 6.85. The zero-order chi connectivity index (χ0) is 18.5. The molecule has 0 spiro atoms. The SMILES string of the molecule is O=C(CN1CCN(C(=O)[C@@H](O)c2ccccc2Cl)CC1)N1CCCCC1. The molecule has 7 heteroatoms. The molecule has 0 radical (unpaired) electrons.